The summed E-state index contributed by atoms with van der Waals surface area (Å²) in [6.45, 7) is 11.7. The predicted octanol–water partition coefficient (Wildman–Crippen LogP) is 15.7. The first-order chi connectivity index (χ1) is 32.7. The molecule has 0 bridgehead atoms. The molecule has 0 aliphatic carbocycles. The Hall–Kier alpha value is -2.42. The Bertz CT molecular complexity index is 1150. The highest BCUT2D eigenvalue weighted by Gasteiger charge is 2.22. The Kier molecular flexibility index (Phi) is 48.2. The van der Waals surface area contributed by atoms with Crippen molar-refractivity contribution in [3.63, 3.8) is 0 Å². The highest BCUT2D eigenvalue weighted by Crippen LogP contribution is 2.20. The van der Waals surface area contributed by atoms with Gasteiger partial charge in [0.15, 0.2) is 0 Å². The van der Waals surface area contributed by atoms with Gasteiger partial charge in [0.05, 0.1) is 19.8 Å². The van der Waals surface area contributed by atoms with Gasteiger partial charge in [-0.2, -0.15) is 0 Å². The van der Waals surface area contributed by atoms with Crippen LogP contribution in [0, 0.1) is 11.8 Å². The van der Waals surface area contributed by atoms with Gasteiger partial charge in [-0.25, -0.2) is 0 Å². The fourth-order valence-electron chi connectivity index (χ4n) is 8.66. The lowest BCUT2D eigenvalue weighted by Crippen LogP contribution is -2.39. The van der Waals surface area contributed by atoms with E-state index in [9.17, 15) is 19.2 Å². The van der Waals surface area contributed by atoms with Crippen molar-refractivity contribution in [2.24, 2.45) is 11.8 Å². The van der Waals surface area contributed by atoms with Crippen LogP contribution in [0.3, 0.4) is 0 Å². The van der Waals surface area contributed by atoms with E-state index in [4.69, 9.17) is 14.2 Å². The summed E-state index contributed by atoms with van der Waals surface area (Å²) >= 11 is 0. The Morgan fingerprint density at radius 1 is 0.388 bits per heavy atom. The summed E-state index contributed by atoms with van der Waals surface area (Å²) in [6.07, 6.45) is 44.7. The van der Waals surface area contributed by atoms with Gasteiger partial charge >= 0.3 is 17.9 Å². The Morgan fingerprint density at radius 3 is 1.15 bits per heavy atom. The molecule has 0 radical (unpaired) electrons. The lowest BCUT2D eigenvalue weighted by atomic mass is 9.95. The van der Waals surface area contributed by atoms with Crippen LogP contribution in [0.15, 0.2) is 12.2 Å². The molecule has 0 aromatic rings. The van der Waals surface area contributed by atoms with Gasteiger partial charge in [-0.15, -0.1) is 0 Å². The number of amides is 1. The molecule has 0 fully saturated rings. The maximum Gasteiger partial charge on any atom is 0.305 e. The predicted molar refractivity (Wildman–Crippen MR) is 282 cm³/mol. The molecule has 0 heterocycles. The summed E-state index contributed by atoms with van der Waals surface area (Å²) in [5.74, 6) is -0.291. The van der Waals surface area contributed by atoms with Gasteiger partial charge in [-0.3, -0.25) is 19.2 Å². The molecule has 394 valence electrons. The molecule has 0 N–H and O–H groups in total. The third-order valence-corrected chi connectivity index (χ3v) is 13.1. The minimum Gasteiger partial charge on any atom is -0.465 e. The first-order valence-corrected chi connectivity index (χ1v) is 28.7. The molecular weight excluding hydrogens is 837 g/mol. The van der Waals surface area contributed by atoms with E-state index in [1.165, 1.54) is 116 Å². The van der Waals surface area contributed by atoms with E-state index in [-0.39, 0.29) is 42.9 Å². The molecule has 9 nitrogen and oxygen atoms in total. The fraction of sp³-hybridized carbons (Fsp3) is 0.897. The van der Waals surface area contributed by atoms with Crippen LogP contribution >= 0.6 is 0 Å². The molecule has 0 spiro atoms. The molecule has 0 aromatic carbocycles. The van der Waals surface area contributed by atoms with Crippen molar-refractivity contribution in [3.05, 3.63) is 12.2 Å². The Morgan fingerprint density at radius 2 is 0.731 bits per heavy atom. The summed E-state index contributed by atoms with van der Waals surface area (Å²) in [5, 5.41) is 0. The summed E-state index contributed by atoms with van der Waals surface area (Å²) in [7, 11) is 4.13. The third kappa shape index (κ3) is 45.8. The van der Waals surface area contributed by atoms with Crippen molar-refractivity contribution < 1.29 is 33.4 Å². The molecule has 0 saturated heterocycles. The van der Waals surface area contributed by atoms with Crippen LogP contribution in [-0.2, 0) is 33.4 Å². The van der Waals surface area contributed by atoms with Crippen LogP contribution in [0.25, 0.3) is 0 Å². The molecule has 0 aliphatic rings. The SMILES string of the molecule is CCCCCCCC/C=C\CCCCCCCC(=O)OCC(COC(=O)CCCCCCC(=O)OCC(CCCCCC)CCCCCC)CN(CCCCN(C)C)C(=O)CCCCCCC. The number of nitrogens with zero attached hydrogens (tertiary/aromatic N) is 2. The number of unbranched alkanes of at least 4 members (excludes halogenated alkanes) is 25. The quantitative estimate of drug-likeness (QED) is 0.0257. The maximum atomic E-state index is 13.6. The van der Waals surface area contributed by atoms with Gasteiger partial charge in [0.1, 0.15) is 0 Å². The number of ether oxygens (including phenoxy) is 3. The van der Waals surface area contributed by atoms with E-state index < -0.39 is 0 Å². The van der Waals surface area contributed by atoms with Crippen molar-refractivity contribution in [1.82, 2.24) is 9.80 Å². The number of hydrogen-bond acceptors (Lipinski definition) is 8. The third-order valence-electron chi connectivity index (χ3n) is 13.1. The van der Waals surface area contributed by atoms with Gasteiger partial charge in [0.2, 0.25) is 5.91 Å². The smallest absolute Gasteiger partial charge is 0.305 e. The van der Waals surface area contributed by atoms with Crippen LogP contribution in [0.2, 0.25) is 0 Å². The average molecular weight is 948 g/mol. The van der Waals surface area contributed by atoms with Crippen LogP contribution < -0.4 is 0 Å². The van der Waals surface area contributed by atoms with Crippen LogP contribution in [0.4, 0.5) is 0 Å². The van der Waals surface area contributed by atoms with Crippen molar-refractivity contribution >= 4 is 23.8 Å². The van der Waals surface area contributed by atoms with Gasteiger partial charge in [-0.1, -0.05) is 181 Å². The van der Waals surface area contributed by atoms with E-state index >= 15 is 0 Å². The van der Waals surface area contributed by atoms with E-state index in [0.717, 1.165) is 103 Å². The summed E-state index contributed by atoms with van der Waals surface area (Å²) in [6, 6.07) is 0. The second-order valence-electron chi connectivity index (χ2n) is 20.2. The topological polar surface area (TPSA) is 102 Å². The zero-order valence-corrected chi connectivity index (χ0v) is 45.2. The van der Waals surface area contributed by atoms with Crippen LogP contribution in [-0.4, -0.2) is 87.2 Å². The first kappa shape index (κ1) is 64.6. The summed E-state index contributed by atoms with van der Waals surface area (Å²) < 4.78 is 17.4. The largest absolute Gasteiger partial charge is 0.465 e. The van der Waals surface area contributed by atoms with Crippen LogP contribution in [0.5, 0.6) is 0 Å². The van der Waals surface area contributed by atoms with Crippen LogP contribution in [0.1, 0.15) is 272 Å². The van der Waals surface area contributed by atoms with E-state index in [0.29, 0.717) is 57.7 Å². The molecular formula is C58H110N2O7. The van der Waals surface area contributed by atoms with Crippen molar-refractivity contribution in [3.8, 4) is 0 Å². The highest BCUT2D eigenvalue weighted by atomic mass is 16.5. The fourth-order valence-corrected chi connectivity index (χ4v) is 8.66. The number of hydrogen-bond donors (Lipinski definition) is 0. The number of carbonyl (C=O) groups is 4. The minimum atomic E-state index is -0.293. The lowest BCUT2D eigenvalue weighted by molar-refractivity contribution is -0.150. The molecule has 67 heavy (non-hydrogen) atoms. The van der Waals surface area contributed by atoms with E-state index in [2.05, 4.69) is 58.8 Å². The minimum absolute atomic E-state index is 0.104. The van der Waals surface area contributed by atoms with Crippen molar-refractivity contribution in [2.75, 3.05) is 53.6 Å². The van der Waals surface area contributed by atoms with Gasteiger partial charge < -0.3 is 24.0 Å². The number of rotatable bonds is 51. The lowest BCUT2D eigenvalue weighted by Gasteiger charge is -2.28. The molecule has 1 atom stereocenters. The first-order valence-electron chi connectivity index (χ1n) is 28.7. The summed E-state index contributed by atoms with van der Waals surface area (Å²) in [4.78, 5) is 56.2. The molecule has 0 aromatic heterocycles. The normalized spacial score (nSPS) is 12.1. The average Bonchev–Trinajstić information content (AvgIpc) is 3.31. The maximum absolute atomic E-state index is 13.6. The van der Waals surface area contributed by atoms with Gasteiger partial charge in [0.25, 0.3) is 0 Å². The molecule has 0 aliphatic heterocycles. The molecule has 1 amide bonds. The number of carbonyl (C=O) groups excluding carboxylic acids is 4. The molecule has 1 unspecified atom stereocenters. The second-order valence-corrected chi connectivity index (χ2v) is 20.2. The Balaban J connectivity index is 5.00. The highest BCUT2D eigenvalue weighted by molar-refractivity contribution is 5.76. The Labute approximate surface area is 414 Å². The van der Waals surface area contributed by atoms with Crippen molar-refractivity contribution in [2.45, 2.75) is 272 Å². The van der Waals surface area contributed by atoms with Gasteiger partial charge in [0, 0.05) is 44.7 Å². The summed E-state index contributed by atoms with van der Waals surface area (Å²) in [5.41, 5.74) is 0. The monoisotopic (exact) mass is 947 g/mol. The zero-order valence-electron chi connectivity index (χ0n) is 45.2. The molecule has 0 saturated carbocycles. The standard InChI is InChI=1S/C58H110N2O7/c1-7-11-15-19-20-21-22-23-24-25-26-27-28-30-36-44-57(63)66-51-54(49-60(48-40-39-47-59(5)6)55(61)43-35-29-16-12-8-2)52-67-58(64)46-38-32-31-37-45-56(62)65-50-53(41-33-17-13-9-3)42-34-18-14-10-4/h23-24,53-54H,7-22,25-52H2,1-6H3/b24-23-. The molecule has 0 rings (SSSR count). The van der Waals surface area contributed by atoms with E-state index in [1.807, 2.05) is 4.90 Å². The zero-order chi connectivity index (χ0) is 49.3. The second kappa shape index (κ2) is 50.0. The van der Waals surface area contributed by atoms with Crippen molar-refractivity contribution in [1.29, 1.82) is 0 Å². The van der Waals surface area contributed by atoms with E-state index in [1.54, 1.807) is 0 Å². The number of allylic oxidation sites excluding steroid dienone is 2. The molecule has 9 heteroatoms. The van der Waals surface area contributed by atoms with Gasteiger partial charge in [-0.05, 0) is 104 Å². The number of esters is 3.